The minimum absolute atomic E-state index is 0.0379. The maximum Gasteiger partial charge on any atom is 0.164 e. The van der Waals surface area contributed by atoms with Gasteiger partial charge in [-0.25, -0.2) is 9.67 Å². The van der Waals surface area contributed by atoms with Crippen LogP contribution in [0.5, 0.6) is 5.75 Å². The molecule has 0 radical (unpaired) electrons. The van der Waals surface area contributed by atoms with Gasteiger partial charge in [0.05, 0.1) is 0 Å². The first-order chi connectivity index (χ1) is 9.11. The highest BCUT2D eigenvalue weighted by atomic mass is 16.5. The summed E-state index contributed by atoms with van der Waals surface area (Å²) in [6.07, 6.45) is 1.55. The topological polar surface area (TPSA) is 66.0 Å². The zero-order valence-corrected chi connectivity index (χ0v) is 11.6. The summed E-state index contributed by atoms with van der Waals surface area (Å²) in [5, 5.41) is 4.12. The molecule has 19 heavy (non-hydrogen) atoms. The first-order valence-electron chi connectivity index (χ1n) is 6.47. The largest absolute Gasteiger partial charge is 0.485 e. The van der Waals surface area contributed by atoms with Crippen LogP contribution < -0.4 is 10.5 Å². The van der Waals surface area contributed by atoms with Crippen molar-refractivity contribution in [2.75, 3.05) is 0 Å². The summed E-state index contributed by atoms with van der Waals surface area (Å²) in [7, 11) is 0. The molecular formula is C14H20N4O. The Morgan fingerprint density at radius 3 is 2.84 bits per heavy atom. The van der Waals surface area contributed by atoms with E-state index < -0.39 is 0 Å². The number of nitrogens with zero attached hydrogens (tertiary/aromatic N) is 3. The van der Waals surface area contributed by atoms with E-state index in [1.165, 1.54) is 0 Å². The fraction of sp³-hybridized carbons (Fsp3) is 0.429. The lowest BCUT2D eigenvalue weighted by Gasteiger charge is -2.12. The number of hydrogen-bond acceptors (Lipinski definition) is 4. The lowest BCUT2D eigenvalue weighted by molar-refractivity contribution is 0.285. The van der Waals surface area contributed by atoms with Crippen molar-refractivity contribution in [1.82, 2.24) is 14.8 Å². The molecule has 102 valence electrons. The Kier molecular flexibility index (Phi) is 4.16. The molecule has 0 saturated heterocycles. The monoisotopic (exact) mass is 260 g/mol. The summed E-state index contributed by atoms with van der Waals surface area (Å²) >= 11 is 0. The second kappa shape index (κ2) is 5.84. The summed E-state index contributed by atoms with van der Waals surface area (Å²) in [6.45, 7) is 7.24. The lowest BCUT2D eigenvalue weighted by atomic mass is 10.1. The molecule has 0 aliphatic rings. The molecular weight excluding hydrogens is 240 g/mol. The van der Waals surface area contributed by atoms with Crippen molar-refractivity contribution in [2.45, 2.75) is 40.0 Å². The highest BCUT2D eigenvalue weighted by Gasteiger charge is 2.07. The van der Waals surface area contributed by atoms with Gasteiger partial charge in [0.25, 0.3) is 0 Å². The fourth-order valence-corrected chi connectivity index (χ4v) is 1.92. The van der Waals surface area contributed by atoms with E-state index in [9.17, 15) is 0 Å². The molecule has 1 aromatic carbocycles. The van der Waals surface area contributed by atoms with Crippen LogP contribution in [0.1, 0.15) is 36.8 Å². The van der Waals surface area contributed by atoms with Gasteiger partial charge in [-0.05, 0) is 38.0 Å². The van der Waals surface area contributed by atoms with Crippen molar-refractivity contribution in [1.29, 1.82) is 0 Å². The second-order valence-corrected chi connectivity index (χ2v) is 4.59. The van der Waals surface area contributed by atoms with Gasteiger partial charge in [-0.3, -0.25) is 0 Å². The number of benzene rings is 1. The van der Waals surface area contributed by atoms with E-state index in [-0.39, 0.29) is 6.04 Å². The highest BCUT2D eigenvalue weighted by molar-refractivity contribution is 5.37. The van der Waals surface area contributed by atoms with Crippen LogP contribution in [0.25, 0.3) is 0 Å². The zero-order chi connectivity index (χ0) is 13.8. The molecule has 0 bridgehead atoms. The van der Waals surface area contributed by atoms with E-state index in [4.69, 9.17) is 10.5 Å². The quantitative estimate of drug-likeness (QED) is 0.895. The Bertz CT molecular complexity index is 548. The third-order valence-electron chi connectivity index (χ3n) is 3.08. The molecule has 0 saturated carbocycles. The van der Waals surface area contributed by atoms with Gasteiger partial charge in [-0.15, -0.1) is 0 Å². The Balaban J connectivity index is 2.08. The molecule has 1 aromatic heterocycles. The maximum absolute atomic E-state index is 5.86. The first kappa shape index (κ1) is 13.5. The molecule has 0 amide bonds. The summed E-state index contributed by atoms with van der Waals surface area (Å²) in [4.78, 5) is 4.18. The minimum Gasteiger partial charge on any atom is -0.485 e. The maximum atomic E-state index is 5.86. The van der Waals surface area contributed by atoms with Gasteiger partial charge in [0.1, 0.15) is 18.7 Å². The van der Waals surface area contributed by atoms with E-state index in [1.807, 2.05) is 37.6 Å². The van der Waals surface area contributed by atoms with Gasteiger partial charge in [-0.2, -0.15) is 5.10 Å². The van der Waals surface area contributed by atoms with Gasteiger partial charge in [0.2, 0.25) is 0 Å². The third-order valence-corrected chi connectivity index (χ3v) is 3.08. The molecule has 2 aromatic rings. The van der Waals surface area contributed by atoms with E-state index in [2.05, 4.69) is 16.1 Å². The summed E-state index contributed by atoms with van der Waals surface area (Å²) in [5.74, 6) is 1.69. The van der Waals surface area contributed by atoms with Gasteiger partial charge in [0.15, 0.2) is 5.82 Å². The van der Waals surface area contributed by atoms with Gasteiger partial charge in [-0.1, -0.05) is 12.1 Å². The molecule has 0 aliphatic heterocycles. The molecule has 0 unspecified atom stereocenters. The number of nitrogens with two attached hydrogens (primary N) is 1. The number of hydrogen-bond donors (Lipinski definition) is 1. The Morgan fingerprint density at radius 2 is 2.21 bits per heavy atom. The smallest absolute Gasteiger partial charge is 0.164 e. The summed E-state index contributed by atoms with van der Waals surface area (Å²) < 4.78 is 7.62. The van der Waals surface area contributed by atoms with Crippen molar-refractivity contribution < 1.29 is 4.74 Å². The molecule has 5 heteroatoms. The van der Waals surface area contributed by atoms with Crippen molar-refractivity contribution in [3.8, 4) is 5.75 Å². The van der Waals surface area contributed by atoms with Gasteiger partial charge in [0, 0.05) is 12.6 Å². The van der Waals surface area contributed by atoms with Crippen molar-refractivity contribution in [3.63, 3.8) is 0 Å². The van der Waals surface area contributed by atoms with Crippen LogP contribution in [0, 0.1) is 6.92 Å². The molecule has 0 spiro atoms. The van der Waals surface area contributed by atoms with Crippen molar-refractivity contribution in [2.24, 2.45) is 5.73 Å². The first-order valence-corrected chi connectivity index (χ1v) is 6.47. The zero-order valence-electron chi connectivity index (χ0n) is 11.6. The van der Waals surface area contributed by atoms with Gasteiger partial charge < -0.3 is 10.5 Å². The van der Waals surface area contributed by atoms with Crippen LogP contribution in [-0.2, 0) is 13.2 Å². The lowest BCUT2D eigenvalue weighted by Crippen LogP contribution is -2.08. The Labute approximate surface area is 113 Å². The van der Waals surface area contributed by atoms with E-state index in [0.717, 1.165) is 29.2 Å². The predicted molar refractivity (Wildman–Crippen MR) is 73.8 cm³/mol. The predicted octanol–water partition coefficient (Wildman–Crippen LogP) is 2.21. The van der Waals surface area contributed by atoms with E-state index >= 15 is 0 Å². The Morgan fingerprint density at radius 1 is 1.42 bits per heavy atom. The van der Waals surface area contributed by atoms with E-state index in [0.29, 0.717) is 6.61 Å². The standard InChI is InChI=1S/C14H20N4O/c1-4-18-14(16-9-17-18)8-19-13-6-5-12(11(3)15)7-10(13)2/h5-7,9,11H,4,8,15H2,1-3H3/t11-/m0/s1. The van der Waals surface area contributed by atoms with E-state index in [1.54, 1.807) is 6.33 Å². The molecule has 2 N–H and O–H groups in total. The molecule has 5 nitrogen and oxygen atoms in total. The number of rotatable bonds is 5. The number of aromatic nitrogens is 3. The van der Waals surface area contributed by atoms with Crippen LogP contribution in [0.2, 0.25) is 0 Å². The van der Waals surface area contributed by atoms with Crippen LogP contribution in [0.3, 0.4) is 0 Å². The molecule has 0 aliphatic carbocycles. The van der Waals surface area contributed by atoms with Gasteiger partial charge >= 0.3 is 0 Å². The van der Waals surface area contributed by atoms with Crippen LogP contribution in [0.4, 0.5) is 0 Å². The van der Waals surface area contributed by atoms with Crippen LogP contribution in [-0.4, -0.2) is 14.8 Å². The summed E-state index contributed by atoms with van der Waals surface area (Å²) in [6, 6.07) is 6.05. The number of aryl methyl sites for hydroxylation is 2. The van der Waals surface area contributed by atoms with Crippen LogP contribution >= 0.6 is 0 Å². The molecule has 2 rings (SSSR count). The third kappa shape index (κ3) is 3.12. The normalized spacial score (nSPS) is 12.4. The minimum atomic E-state index is 0.0379. The van der Waals surface area contributed by atoms with Crippen molar-refractivity contribution >= 4 is 0 Å². The molecule has 1 atom stereocenters. The molecule has 0 fully saturated rings. The van der Waals surface area contributed by atoms with Crippen molar-refractivity contribution in [3.05, 3.63) is 41.5 Å². The SMILES string of the molecule is CCn1ncnc1COc1ccc([C@H](C)N)cc1C. The average Bonchev–Trinajstić information content (AvgIpc) is 2.84. The fourth-order valence-electron chi connectivity index (χ4n) is 1.92. The summed E-state index contributed by atoms with van der Waals surface area (Å²) in [5.41, 5.74) is 8.05. The Hall–Kier alpha value is -1.88. The second-order valence-electron chi connectivity index (χ2n) is 4.59. The molecule has 1 heterocycles. The van der Waals surface area contributed by atoms with Crippen LogP contribution in [0.15, 0.2) is 24.5 Å². The number of ether oxygens (including phenoxy) is 1. The average molecular weight is 260 g/mol. The highest BCUT2D eigenvalue weighted by Crippen LogP contribution is 2.22.